The van der Waals surface area contributed by atoms with Gasteiger partial charge in [0.15, 0.2) is 0 Å². The van der Waals surface area contributed by atoms with E-state index in [4.69, 9.17) is 16.6 Å². The maximum Gasteiger partial charge on any atom is 0.260 e. The molecule has 1 aliphatic heterocycles. The predicted molar refractivity (Wildman–Crippen MR) is 119 cm³/mol. The van der Waals surface area contributed by atoms with Gasteiger partial charge in [-0.25, -0.2) is 4.98 Å². The van der Waals surface area contributed by atoms with E-state index in [1.165, 1.54) is 17.0 Å². The fourth-order valence-electron chi connectivity index (χ4n) is 3.89. The van der Waals surface area contributed by atoms with Crippen molar-refractivity contribution >= 4 is 44.5 Å². The summed E-state index contributed by atoms with van der Waals surface area (Å²) in [6.45, 7) is 3.77. The largest absolute Gasteiger partial charge is 0.397 e. The van der Waals surface area contributed by atoms with E-state index in [9.17, 15) is 4.79 Å². The van der Waals surface area contributed by atoms with Gasteiger partial charge in [-0.1, -0.05) is 12.1 Å². The summed E-state index contributed by atoms with van der Waals surface area (Å²) in [6, 6.07) is 10.4. The summed E-state index contributed by atoms with van der Waals surface area (Å²) in [5, 5.41) is 9.91. The maximum atomic E-state index is 11.7. The van der Waals surface area contributed by atoms with Crippen LogP contribution in [0.15, 0.2) is 36.5 Å². The number of nitrogen functional groups attached to an aromatic ring is 1. The third-order valence-corrected chi connectivity index (χ3v) is 6.50. The zero-order valence-corrected chi connectivity index (χ0v) is 17.0. The summed E-state index contributed by atoms with van der Waals surface area (Å²) in [5.41, 5.74) is 15.5. The quantitative estimate of drug-likeness (QED) is 0.594. The van der Waals surface area contributed by atoms with Gasteiger partial charge in [0.05, 0.1) is 16.8 Å². The first-order valence-corrected chi connectivity index (χ1v) is 10.6. The molecule has 7 nitrogen and oxygen atoms in total. The topological polar surface area (TPSA) is 109 Å². The molecule has 0 aliphatic carbocycles. The Morgan fingerprint density at radius 2 is 1.83 bits per heavy atom. The first kappa shape index (κ1) is 19.5. The van der Waals surface area contributed by atoms with Gasteiger partial charge in [-0.3, -0.25) is 4.79 Å². The molecule has 29 heavy (non-hydrogen) atoms. The van der Waals surface area contributed by atoms with Crippen LogP contribution in [0.25, 0.3) is 10.2 Å². The fraction of sp³-hybridized carbons (Fsp3) is 0.333. The van der Waals surface area contributed by atoms with Gasteiger partial charge in [0.1, 0.15) is 9.71 Å². The minimum absolute atomic E-state index is 0.168. The highest BCUT2D eigenvalue weighted by molar-refractivity contribution is 7.21. The Morgan fingerprint density at radius 3 is 2.55 bits per heavy atom. The lowest BCUT2D eigenvalue weighted by molar-refractivity contribution is 0.100. The van der Waals surface area contributed by atoms with E-state index >= 15 is 0 Å². The third kappa shape index (κ3) is 3.86. The standard InChI is InChI=1S/C21H25N5O2S/c22-18-17-16(6-8-24-21(17)29-19(18)20(23)28)26-10-1-9-25(11-12-26)15-4-2-14(3-5-15)7-13-27/h2-6,8,27H,1,7,9-13,22H2,(H2,23,28). The molecule has 0 radical (unpaired) electrons. The molecule has 152 valence electrons. The summed E-state index contributed by atoms with van der Waals surface area (Å²) < 4.78 is 0. The molecule has 0 unspecified atom stereocenters. The number of benzene rings is 1. The maximum absolute atomic E-state index is 11.7. The monoisotopic (exact) mass is 411 g/mol. The summed E-state index contributed by atoms with van der Waals surface area (Å²) >= 11 is 1.25. The number of pyridine rings is 1. The number of anilines is 3. The van der Waals surface area contributed by atoms with Crippen molar-refractivity contribution in [1.82, 2.24) is 4.98 Å². The number of primary amides is 1. The molecule has 3 aromatic rings. The average Bonchev–Trinajstić information content (AvgIpc) is 2.90. The van der Waals surface area contributed by atoms with Crippen molar-refractivity contribution in [2.24, 2.45) is 5.73 Å². The smallest absolute Gasteiger partial charge is 0.260 e. The minimum atomic E-state index is -0.511. The number of aromatic nitrogens is 1. The predicted octanol–water partition coefficient (Wildman–Crippen LogP) is 2.23. The van der Waals surface area contributed by atoms with Gasteiger partial charge >= 0.3 is 0 Å². The molecular weight excluding hydrogens is 386 g/mol. The van der Waals surface area contributed by atoms with Crippen molar-refractivity contribution in [1.29, 1.82) is 0 Å². The highest BCUT2D eigenvalue weighted by Crippen LogP contribution is 2.38. The zero-order valence-electron chi connectivity index (χ0n) is 16.2. The second-order valence-electron chi connectivity index (χ2n) is 7.19. The highest BCUT2D eigenvalue weighted by Gasteiger charge is 2.22. The number of carbonyl (C=O) groups excluding carboxylic acids is 1. The molecule has 0 atom stereocenters. The Balaban J connectivity index is 1.56. The summed E-state index contributed by atoms with van der Waals surface area (Å²) in [5.74, 6) is -0.511. The Labute approximate surface area is 173 Å². The highest BCUT2D eigenvalue weighted by atomic mass is 32.1. The number of fused-ring (bicyclic) bond motifs is 1. The molecule has 4 rings (SSSR count). The molecule has 1 aliphatic rings. The molecule has 1 fully saturated rings. The Morgan fingerprint density at radius 1 is 1.10 bits per heavy atom. The molecule has 1 aromatic carbocycles. The van der Waals surface area contributed by atoms with E-state index in [1.807, 2.05) is 6.07 Å². The van der Waals surface area contributed by atoms with Crippen molar-refractivity contribution in [3.8, 4) is 0 Å². The third-order valence-electron chi connectivity index (χ3n) is 5.37. The second kappa shape index (κ2) is 8.26. The SMILES string of the molecule is NC(=O)c1sc2nccc(N3CCCN(c4ccc(CCO)cc4)CC3)c2c1N. The molecule has 3 heterocycles. The van der Waals surface area contributed by atoms with Crippen LogP contribution in [-0.4, -0.2) is 48.8 Å². The molecule has 5 N–H and O–H groups in total. The van der Waals surface area contributed by atoms with Gasteiger partial charge in [0.25, 0.3) is 5.91 Å². The van der Waals surface area contributed by atoms with Crippen LogP contribution in [0.5, 0.6) is 0 Å². The molecule has 0 saturated carbocycles. The Kier molecular flexibility index (Phi) is 5.55. The lowest BCUT2D eigenvalue weighted by Crippen LogP contribution is -2.30. The van der Waals surface area contributed by atoms with Crippen molar-refractivity contribution in [2.45, 2.75) is 12.8 Å². The number of hydrogen-bond donors (Lipinski definition) is 3. The van der Waals surface area contributed by atoms with E-state index in [2.05, 4.69) is 39.0 Å². The molecular formula is C21H25N5O2S. The number of nitrogens with two attached hydrogens (primary N) is 2. The number of rotatable bonds is 5. The van der Waals surface area contributed by atoms with Gasteiger partial charge in [0, 0.05) is 44.7 Å². The molecule has 0 bridgehead atoms. The molecule has 8 heteroatoms. The van der Waals surface area contributed by atoms with Crippen LogP contribution in [0.4, 0.5) is 17.1 Å². The minimum Gasteiger partial charge on any atom is -0.397 e. The Bertz CT molecular complexity index is 1020. The van der Waals surface area contributed by atoms with E-state index < -0.39 is 5.91 Å². The lowest BCUT2D eigenvalue weighted by Gasteiger charge is -2.25. The zero-order chi connectivity index (χ0) is 20.4. The first-order chi connectivity index (χ1) is 14.1. The van der Waals surface area contributed by atoms with Crippen LogP contribution in [0.1, 0.15) is 21.7 Å². The van der Waals surface area contributed by atoms with Crippen LogP contribution in [0, 0.1) is 0 Å². The van der Waals surface area contributed by atoms with Crippen molar-refractivity contribution in [3.63, 3.8) is 0 Å². The second-order valence-corrected chi connectivity index (χ2v) is 8.19. The Hall–Kier alpha value is -2.84. The number of carbonyl (C=O) groups is 1. The van der Waals surface area contributed by atoms with Gasteiger partial charge in [-0.05, 0) is 36.6 Å². The average molecular weight is 412 g/mol. The van der Waals surface area contributed by atoms with Gasteiger partial charge in [-0.15, -0.1) is 11.3 Å². The van der Waals surface area contributed by atoms with Crippen molar-refractivity contribution in [3.05, 3.63) is 47.0 Å². The van der Waals surface area contributed by atoms with Crippen molar-refractivity contribution in [2.75, 3.05) is 48.3 Å². The van der Waals surface area contributed by atoms with E-state index in [0.29, 0.717) is 17.0 Å². The molecule has 2 aromatic heterocycles. The van der Waals surface area contributed by atoms with E-state index in [-0.39, 0.29) is 6.61 Å². The van der Waals surface area contributed by atoms with Crippen LogP contribution in [0.2, 0.25) is 0 Å². The summed E-state index contributed by atoms with van der Waals surface area (Å²) in [7, 11) is 0. The molecule has 1 saturated heterocycles. The van der Waals surface area contributed by atoms with Crippen LogP contribution in [-0.2, 0) is 6.42 Å². The van der Waals surface area contributed by atoms with Gasteiger partial charge in [-0.2, -0.15) is 0 Å². The fourth-order valence-corrected chi connectivity index (χ4v) is 4.83. The normalized spacial score (nSPS) is 14.9. The molecule has 1 amide bonds. The number of thiophene rings is 1. The number of hydrogen-bond acceptors (Lipinski definition) is 7. The van der Waals surface area contributed by atoms with Crippen LogP contribution >= 0.6 is 11.3 Å². The summed E-state index contributed by atoms with van der Waals surface area (Å²) in [4.78, 5) is 21.9. The summed E-state index contributed by atoms with van der Waals surface area (Å²) in [6.07, 6.45) is 3.46. The number of aliphatic hydroxyl groups excluding tert-OH is 1. The van der Waals surface area contributed by atoms with Crippen molar-refractivity contribution < 1.29 is 9.90 Å². The number of nitrogens with zero attached hydrogens (tertiary/aromatic N) is 3. The van der Waals surface area contributed by atoms with E-state index in [0.717, 1.165) is 54.1 Å². The van der Waals surface area contributed by atoms with Gasteiger partial charge < -0.3 is 26.4 Å². The first-order valence-electron chi connectivity index (χ1n) is 9.75. The van der Waals surface area contributed by atoms with E-state index in [1.54, 1.807) is 6.20 Å². The number of aliphatic hydroxyl groups is 1. The lowest BCUT2D eigenvalue weighted by atomic mass is 10.1. The van der Waals surface area contributed by atoms with Crippen LogP contribution < -0.4 is 21.3 Å². The van der Waals surface area contributed by atoms with Gasteiger partial charge in [0.2, 0.25) is 0 Å². The van der Waals surface area contributed by atoms with Crippen LogP contribution in [0.3, 0.4) is 0 Å². The number of amides is 1. The molecule has 0 spiro atoms.